The van der Waals surface area contributed by atoms with Crippen LogP contribution in [0, 0.1) is 11.7 Å². The van der Waals surface area contributed by atoms with Crippen LogP contribution in [0.15, 0.2) is 24.3 Å². The van der Waals surface area contributed by atoms with Gasteiger partial charge >= 0.3 is 0 Å². The number of amides is 1. The van der Waals surface area contributed by atoms with Crippen LogP contribution in [0.3, 0.4) is 0 Å². The Hall–Kier alpha value is -1.62. The largest absolute Gasteiger partial charge is 0.484 e. The van der Waals surface area contributed by atoms with Crippen molar-refractivity contribution in [2.45, 2.75) is 25.4 Å². The molecule has 1 aromatic carbocycles. The summed E-state index contributed by atoms with van der Waals surface area (Å²) in [6.07, 6.45) is 3.62. The van der Waals surface area contributed by atoms with Gasteiger partial charge in [-0.3, -0.25) is 4.79 Å². The third-order valence-corrected chi connectivity index (χ3v) is 3.94. The standard InChI is InChI=1S/C16H20FNO3/c17-13-3-5-14(6-4-13)21-11-16(19)18-8-7-15(9-18)20-10-12-1-2-12/h3-6,12,15H,1-2,7-11H2/t15-/m1/s1. The number of ether oxygens (including phenoxy) is 2. The Morgan fingerprint density at radius 2 is 2.00 bits per heavy atom. The second-order valence-corrected chi connectivity index (χ2v) is 5.77. The lowest BCUT2D eigenvalue weighted by Gasteiger charge is -2.17. The lowest BCUT2D eigenvalue weighted by atomic mass is 10.3. The second-order valence-electron chi connectivity index (χ2n) is 5.77. The molecule has 3 rings (SSSR count). The number of carbonyl (C=O) groups excluding carboxylic acids is 1. The van der Waals surface area contributed by atoms with Crippen LogP contribution in [0.25, 0.3) is 0 Å². The molecular weight excluding hydrogens is 273 g/mol. The number of nitrogens with zero attached hydrogens (tertiary/aromatic N) is 1. The van der Waals surface area contributed by atoms with Gasteiger partial charge in [-0.15, -0.1) is 0 Å². The molecule has 4 nitrogen and oxygen atoms in total. The molecule has 0 radical (unpaired) electrons. The van der Waals surface area contributed by atoms with E-state index in [1.807, 2.05) is 0 Å². The Balaban J connectivity index is 1.39. The van der Waals surface area contributed by atoms with Gasteiger partial charge < -0.3 is 14.4 Å². The highest BCUT2D eigenvalue weighted by Gasteiger charge is 2.29. The average molecular weight is 293 g/mol. The Morgan fingerprint density at radius 1 is 1.24 bits per heavy atom. The van der Waals surface area contributed by atoms with Gasteiger partial charge in [0.2, 0.25) is 0 Å². The molecule has 0 aromatic heterocycles. The zero-order chi connectivity index (χ0) is 14.7. The zero-order valence-corrected chi connectivity index (χ0v) is 12.0. The van der Waals surface area contributed by atoms with E-state index in [2.05, 4.69) is 0 Å². The smallest absolute Gasteiger partial charge is 0.260 e. The summed E-state index contributed by atoms with van der Waals surface area (Å²) in [6, 6.07) is 5.68. The number of carbonyl (C=O) groups is 1. The Kier molecular flexibility index (Phi) is 4.39. The van der Waals surface area contributed by atoms with Crippen LogP contribution in [0.5, 0.6) is 5.75 Å². The van der Waals surface area contributed by atoms with Gasteiger partial charge in [0.1, 0.15) is 11.6 Å². The van der Waals surface area contributed by atoms with Crippen molar-refractivity contribution in [2.24, 2.45) is 5.92 Å². The fourth-order valence-electron chi connectivity index (χ4n) is 2.41. The monoisotopic (exact) mass is 293 g/mol. The molecule has 1 atom stereocenters. The minimum Gasteiger partial charge on any atom is -0.484 e. The summed E-state index contributed by atoms with van der Waals surface area (Å²) in [5.41, 5.74) is 0. The number of rotatable bonds is 6. The van der Waals surface area contributed by atoms with E-state index >= 15 is 0 Å². The molecule has 0 bridgehead atoms. The highest BCUT2D eigenvalue weighted by Crippen LogP contribution is 2.30. The molecular formula is C16H20FNO3. The van der Waals surface area contributed by atoms with Crippen molar-refractivity contribution in [1.29, 1.82) is 0 Å². The molecule has 0 spiro atoms. The van der Waals surface area contributed by atoms with Gasteiger partial charge in [-0.2, -0.15) is 0 Å². The maximum Gasteiger partial charge on any atom is 0.260 e. The first kappa shape index (κ1) is 14.3. The molecule has 1 aliphatic carbocycles. The first-order valence-electron chi connectivity index (χ1n) is 7.48. The SMILES string of the molecule is O=C(COc1ccc(F)cc1)N1CC[C@@H](OCC2CC2)C1. The topological polar surface area (TPSA) is 38.8 Å². The number of hydrogen-bond donors (Lipinski definition) is 0. The molecule has 1 aliphatic heterocycles. The zero-order valence-electron chi connectivity index (χ0n) is 12.0. The summed E-state index contributed by atoms with van der Waals surface area (Å²) in [6.45, 7) is 2.19. The van der Waals surface area contributed by atoms with E-state index in [9.17, 15) is 9.18 Å². The minimum absolute atomic E-state index is 0.0129. The van der Waals surface area contributed by atoms with E-state index < -0.39 is 0 Å². The van der Waals surface area contributed by atoms with Gasteiger partial charge in [0.25, 0.3) is 5.91 Å². The number of hydrogen-bond acceptors (Lipinski definition) is 3. The summed E-state index contributed by atoms with van der Waals surface area (Å²) in [5.74, 6) is 0.891. The summed E-state index contributed by atoms with van der Waals surface area (Å²) < 4.78 is 24.0. The quantitative estimate of drug-likeness (QED) is 0.807. The van der Waals surface area contributed by atoms with Crippen LogP contribution in [0.4, 0.5) is 4.39 Å². The summed E-state index contributed by atoms with van der Waals surface area (Å²) in [7, 11) is 0. The van der Waals surface area contributed by atoms with Crippen molar-refractivity contribution < 1.29 is 18.7 Å². The average Bonchev–Trinajstić information content (AvgIpc) is 3.20. The van der Waals surface area contributed by atoms with E-state index in [1.165, 1.54) is 37.1 Å². The molecule has 114 valence electrons. The van der Waals surface area contributed by atoms with Crippen LogP contribution >= 0.6 is 0 Å². The van der Waals surface area contributed by atoms with Crippen LogP contribution in [-0.2, 0) is 9.53 Å². The maximum absolute atomic E-state index is 12.8. The Bertz CT molecular complexity index is 487. The molecule has 1 aromatic rings. The fraction of sp³-hybridized carbons (Fsp3) is 0.562. The highest BCUT2D eigenvalue weighted by molar-refractivity contribution is 5.78. The number of likely N-dealkylation sites (tertiary alicyclic amines) is 1. The molecule has 2 aliphatic rings. The van der Waals surface area contributed by atoms with Crippen molar-refractivity contribution >= 4 is 5.91 Å². The van der Waals surface area contributed by atoms with Crippen molar-refractivity contribution in [3.05, 3.63) is 30.1 Å². The molecule has 1 heterocycles. The first-order valence-corrected chi connectivity index (χ1v) is 7.48. The molecule has 21 heavy (non-hydrogen) atoms. The van der Waals surface area contributed by atoms with Crippen LogP contribution in [-0.4, -0.2) is 43.2 Å². The lowest BCUT2D eigenvalue weighted by Crippen LogP contribution is -2.34. The van der Waals surface area contributed by atoms with Crippen LogP contribution < -0.4 is 4.74 Å². The second kappa shape index (κ2) is 6.43. The van der Waals surface area contributed by atoms with Gasteiger partial charge in [0.15, 0.2) is 6.61 Å². The van der Waals surface area contributed by atoms with Gasteiger partial charge in [0.05, 0.1) is 6.10 Å². The predicted octanol–water partition coefficient (Wildman–Crippen LogP) is 2.23. The molecule has 1 saturated carbocycles. The normalized spacial score (nSPS) is 21.6. The minimum atomic E-state index is -0.316. The summed E-state index contributed by atoms with van der Waals surface area (Å²) >= 11 is 0. The predicted molar refractivity (Wildman–Crippen MR) is 75.6 cm³/mol. The van der Waals surface area contributed by atoms with E-state index in [0.29, 0.717) is 12.3 Å². The fourth-order valence-corrected chi connectivity index (χ4v) is 2.41. The van der Waals surface area contributed by atoms with Crippen molar-refractivity contribution in [1.82, 2.24) is 4.90 Å². The molecule has 1 saturated heterocycles. The van der Waals surface area contributed by atoms with Crippen molar-refractivity contribution in [3.63, 3.8) is 0 Å². The van der Waals surface area contributed by atoms with Crippen LogP contribution in [0.2, 0.25) is 0 Å². The highest BCUT2D eigenvalue weighted by atomic mass is 19.1. The third kappa shape index (κ3) is 4.17. The van der Waals surface area contributed by atoms with Gasteiger partial charge in [-0.25, -0.2) is 4.39 Å². The number of benzene rings is 1. The Labute approximate surface area is 123 Å². The maximum atomic E-state index is 12.8. The molecule has 1 amide bonds. The third-order valence-electron chi connectivity index (χ3n) is 3.94. The van der Waals surface area contributed by atoms with Gasteiger partial charge in [0, 0.05) is 19.7 Å². The van der Waals surface area contributed by atoms with Gasteiger partial charge in [-0.05, 0) is 49.4 Å². The number of halogens is 1. The Morgan fingerprint density at radius 3 is 2.71 bits per heavy atom. The van der Waals surface area contributed by atoms with Gasteiger partial charge in [-0.1, -0.05) is 0 Å². The van der Waals surface area contributed by atoms with Crippen LogP contribution in [0.1, 0.15) is 19.3 Å². The summed E-state index contributed by atoms with van der Waals surface area (Å²) in [5, 5.41) is 0. The first-order chi connectivity index (χ1) is 10.2. The molecule has 2 fully saturated rings. The van der Waals surface area contributed by atoms with Crippen molar-refractivity contribution in [2.75, 3.05) is 26.3 Å². The van der Waals surface area contributed by atoms with E-state index in [4.69, 9.17) is 9.47 Å². The molecule has 5 heteroatoms. The van der Waals surface area contributed by atoms with E-state index in [1.54, 1.807) is 4.90 Å². The van der Waals surface area contributed by atoms with Crippen molar-refractivity contribution in [3.8, 4) is 5.75 Å². The lowest BCUT2D eigenvalue weighted by molar-refractivity contribution is -0.132. The molecule has 0 N–H and O–H groups in total. The van der Waals surface area contributed by atoms with E-state index in [-0.39, 0.29) is 24.4 Å². The van der Waals surface area contributed by atoms with E-state index in [0.717, 1.165) is 25.5 Å². The summed E-state index contributed by atoms with van der Waals surface area (Å²) in [4.78, 5) is 13.8. The molecule has 0 unspecified atom stereocenters.